The number of piperidine rings is 1. The first-order chi connectivity index (χ1) is 15.3. The summed E-state index contributed by atoms with van der Waals surface area (Å²) in [5.74, 6) is 0.604. The van der Waals surface area contributed by atoms with E-state index < -0.39 is 16.1 Å². The monoisotopic (exact) mass is 465 g/mol. The van der Waals surface area contributed by atoms with Crippen LogP contribution in [0.25, 0.3) is 0 Å². The molecule has 3 rings (SSSR count). The Morgan fingerprint density at radius 3 is 2.28 bits per heavy atom. The molecule has 1 aromatic carbocycles. The van der Waals surface area contributed by atoms with Crippen molar-refractivity contribution < 1.29 is 22.7 Å². The van der Waals surface area contributed by atoms with E-state index in [1.165, 1.54) is 19.2 Å². The summed E-state index contributed by atoms with van der Waals surface area (Å²) < 4.78 is 32.8. The Hall–Kier alpha value is -2.13. The minimum Gasteiger partial charge on any atom is -0.497 e. The van der Waals surface area contributed by atoms with Gasteiger partial charge in [0.25, 0.3) is 0 Å². The van der Waals surface area contributed by atoms with Crippen molar-refractivity contribution in [2.45, 2.75) is 62.8 Å². The molecule has 178 valence electrons. The predicted octanol–water partition coefficient (Wildman–Crippen LogP) is 2.30. The summed E-state index contributed by atoms with van der Waals surface area (Å²) in [5, 5.41) is 2.90. The Kier molecular flexibility index (Phi) is 8.53. The third-order valence-electron chi connectivity index (χ3n) is 6.55. The zero-order valence-electron chi connectivity index (χ0n) is 19.0. The molecule has 1 heterocycles. The van der Waals surface area contributed by atoms with Gasteiger partial charge < -0.3 is 15.0 Å². The quantitative estimate of drug-likeness (QED) is 0.613. The minimum atomic E-state index is -3.58. The summed E-state index contributed by atoms with van der Waals surface area (Å²) in [6.45, 7) is 3.66. The number of carbonyl (C=O) groups is 2. The van der Waals surface area contributed by atoms with Crippen molar-refractivity contribution in [3.8, 4) is 5.75 Å². The van der Waals surface area contributed by atoms with Crippen molar-refractivity contribution in [3.63, 3.8) is 0 Å². The Morgan fingerprint density at radius 1 is 1.06 bits per heavy atom. The van der Waals surface area contributed by atoms with Crippen LogP contribution in [0.5, 0.6) is 5.75 Å². The molecule has 0 spiro atoms. The number of benzene rings is 1. The zero-order valence-corrected chi connectivity index (χ0v) is 19.8. The van der Waals surface area contributed by atoms with Crippen LogP contribution in [0.4, 0.5) is 0 Å². The molecule has 1 aliphatic carbocycles. The number of nitrogens with zero attached hydrogens (tertiary/aromatic N) is 1. The number of methoxy groups -OCH3 is 1. The Labute approximate surface area is 191 Å². The number of nitrogens with one attached hydrogen (secondary N) is 2. The van der Waals surface area contributed by atoms with Gasteiger partial charge in [-0.2, -0.15) is 0 Å². The number of hydrogen-bond acceptors (Lipinski definition) is 5. The van der Waals surface area contributed by atoms with Crippen LogP contribution in [0.1, 0.15) is 51.9 Å². The first kappa shape index (κ1) is 24.5. The second-order valence-corrected chi connectivity index (χ2v) is 10.6. The zero-order chi connectivity index (χ0) is 23.1. The van der Waals surface area contributed by atoms with Gasteiger partial charge in [0.2, 0.25) is 21.8 Å². The average Bonchev–Trinajstić information content (AvgIpc) is 2.83. The molecule has 2 fully saturated rings. The first-order valence-corrected chi connectivity index (χ1v) is 13.0. The first-order valence-electron chi connectivity index (χ1n) is 11.5. The van der Waals surface area contributed by atoms with Crippen LogP contribution in [0.2, 0.25) is 0 Å². The summed E-state index contributed by atoms with van der Waals surface area (Å²) >= 11 is 0. The standard InChI is InChI=1S/C23H35N3O5S/c1-17(23(28)26-14-4-3-5-15-26)25-22(27)19-8-6-18(7-9-19)16-24-32(29,30)21-12-10-20(31-2)11-13-21/h10-13,17-19,24H,3-9,14-16H2,1-2H3,(H,25,27)/t17-,18?,19?/m0/s1. The molecule has 1 saturated heterocycles. The highest BCUT2D eigenvalue weighted by molar-refractivity contribution is 7.89. The highest BCUT2D eigenvalue weighted by Gasteiger charge is 2.30. The number of carbonyl (C=O) groups excluding carboxylic acids is 2. The molecule has 32 heavy (non-hydrogen) atoms. The van der Waals surface area contributed by atoms with Crippen LogP contribution in [-0.2, 0) is 19.6 Å². The Balaban J connectivity index is 1.42. The van der Waals surface area contributed by atoms with Crippen LogP contribution in [0, 0.1) is 11.8 Å². The summed E-state index contributed by atoms with van der Waals surface area (Å²) in [5.41, 5.74) is 0. The van der Waals surface area contributed by atoms with Crippen molar-refractivity contribution in [2.75, 3.05) is 26.7 Å². The van der Waals surface area contributed by atoms with Gasteiger partial charge in [-0.05, 0) is 82.1 Å². The maximum Gasteiger partial charge on any atom is 0.244 e. The highest BCUT2D eigenvalue weighted by atomic mass is 32.2. The highest BCUT2D eigenvalue weighted by Crippen LogP contribution is 2.29. The summed E-state index contributed by atoms with van der Waals surface area (Å²) in [6, 6.07) is 5.78. The second kappa shape index (κ2) is 11.1. The van der Waals surface area contributed by atoms with Gasteiger partial charge in [-0.3, -0.25) is 9.59 Å². The van der Waals surface area contributed by atoms with Gasteiger partial charge in [0, 0.05) is 25.6 Å². The predicted molar refractivity (Wildman–Crippen MR) is 122 cm³/mol. The molecule has 2 aliphatic rings. The summed E-state index contributed by atoms with van der Waals surface area (Å²) in [6.07, 6.45) is 6.16. The van der Waals surface area contributed by atoms with Crippen LogP contribution in [0.3, 0.4) is 0 Å². The minimum absolute atomic E-state index is 0.000301. The van der Waals surface area contributed by atoms with E-state index in [2.05, 4.69) is 10.0 Å². The SMILES string of the molecule is COc1ccc(S(=O)(=O)NCC2CCC(C(=O)N[C@@H](C)C(=O)N3CCCCC3)CC2)cc1. The molecular weight excluding hydrogens is 430 g/mol. The summed E-state index contributed by atoms with van der Waals surface area (Å²) in [4.78, 5) is 27.2. The lowest BCUT2D eigenvalue weighted by Crippen LogP contribution is -2.50. The molecule has 1 aromatic rings. The van der Waals surface area contributed by atoms with Crippen LogP contribution in [0.15, 0.2) is 29.2 Å². The van der Waals surface area contributed by atoms with Crippen molar-refractivity contribution in [2.24, 2.45) is 11.8 Å². The van der Waals surface area contributed by atoms with E-state index in [-0.39, 0.29) is 28.5 Å². The van der Waals surface area contributed by atoms with Gasteiger partial charge in [-0.15, -0.1) is 0 Å². The van der Waals surface area contributed by atoms with Crippen molar-refractivity contribution >= 4 is 21.8 Å². The normalized spacial score (nSPS) is 22.8. The molecule has 0 unspecified atom stereocenters. The van der Waals surface area contributed by atoms with Crippen LogP contribution < -0.4 is 14.8 Å². The molecule has 0 radical (unpaired) electrons. The smallest absolute Gasteiger partial charge is 0.244 e. The van der Waals surface area contributed by atoms with Gasteiger partial charge in [-0.1, -0.05) is 0 Å². The third-order valence-corrected chi connectivity index (χ3v) is 7.99. The van der Waals surface area contributed by atoms with Gasteiger partial charge in [0.15, 0.2) is 0 Å². The third kappa shape index (κ3) is 6.45. The van der Waals surface area contributed by atoms with Gasteiger partial charge in [-0.25, -0.2) is 13.1 Å². The number of ether oxygens (including phenoxy) is 1. The Bertz CT molecular complexity index is 873. The average molecular weight is 466 g/mol. The van der Waals surface area contributed by atoms with E-state index in [0.29, 0.717) is 25.1 Å². The molecule has 1 saturated carbocycles. The molecule has 1 aliphatic heterocycles. The second-order valence-electron chi connectivity index (χ2n) is 8.86. The van der Waals surface area contributed by atoms with Gasteiger partial charge >= 0.3 is 0 Å². The van der Waals surface area contributed by atoms with Crippen molar-refractivity contribution in [1.82, 2.24) is 14.9 Å². The van der Waals surface area contributed by atoms with E-state index in [1.54, 1.807) is 19.1 Å². The van der Waals surface area contributed by atoms with Crippen molar-refractivity contribution in [1.29, 1.82) is 0 Å². The molecule has 8 nitrogen and oxygen atoms in total. The fourth-order valence-corrected chi connectivity index (χ4v) is 5.59. The molecule has 9 heteroatoms. The van der Waals surface area contributed by atoms with E-state index in [1.807, 2.05) is 4.90 Å². The molecular formula is C23H35N3O5S. The molecule has 0 aromatic heterocycles. The van der Waals surface area contributed by atoms with Gasteiger partial charge in [0.05, 0.1) is 12.0 Å². The maximum atomic E-state index is 12.7. The number of likely N-dealkylation sites (tertiary alicyclic amines) is 1. The van der Waals surface area contributed by atoms with E-state index in [4.69, 9.17) is 4.74 Å². The largest absolute Gasteiger partial charge is 0.497 e. The van der Waals surface area contributed by atoms with Crippen LogP contribution >= 0.6 is 0 Å². The maximum absolute atomic E-state index is 12.7. The summed E-state index contributed by atoms with van der Waals surface area (Å²) in [7, 11) is -2.04. The fraction of sp³-hybridized carbons (Fsp3) is 0.652. The lowest BCUT2D eigenvalue weighted by molar-refractivity contribution is -0.138. The molecule has 2 amide bonds. The lowest BCUT2D eigenvalue weighted by Gasteiger charge is -2.31. The van der Waals surface area contributed by atoms with Gasteiger partial charge in [0.1, 0.15) is 11.8 Å². The molecule has 2 N–H and O–H groups in total. The van der Waals surface area contributed by atoms with Crippen molar-refractivity contribution in [3.05, 3.63) is 24.3 Å². The Morgan fingerprint density at radius 2 is 1.69 bits per heavy atom. The number of rotatable bonds is 8. The van der Waals surface area contributed by atoms with E-state index in [9.17, 15) is 18.0 Å². The lowest BCUT2D eigenvalue weighted by atomic mass is 9.81. The number of sulfonamides is 1. The fourth-order valence-electron chi connectivity index (χ4n) is 4.48. The molecule has 0 bridgehead atoms. The topological polar surface area (TPSA) is 105 Å². The van der Waals surface area contributed by atoms with E-state index in [0.717, 1.165) is 45.2 Å². The molecule has 1 atom stereocenters. The number of amides is 2. The number of hydrogen-bond donors (Lipinski definition) is 2. The van der Waals surface area contributed by atoms with Crippen LogP contribution in [-0.4, -0.2) is 57.9 Å². The van der Waals surface area contributed by atoms with E-state index >= 15 is 0 Å².